The number of benzene rings is 1. The van der Waals surface area contributed by atoms with Gasteiger partial charge in [-0.15, -0.1) is 0 Å². The first-order chi connectivity index (χ1) is 7.15. The third-order valence-electron chi connectivity index (χ3n) is 1.73. The van der Waals surface area contributed by atoms with E-state index in [1.54, 1.807) is 0 Å². The monoisotopic (exact) mass is 213 g/mol. The maximum absolute atomic E-state index is 13.2. The van der Waals surface area contributed by atoms with Gasteiger partial charge in [0.15, 0.2) is 0 Å². The first-order valence-electron chi connectivity index (χ1n) is 4.36. The van der Waals surface area contributed by atoms with Gasteiger partial charge in [0, 0.05) is 12.8 Å². The summed E-state index contributed by atoms with van der Waals surface area (Å²) in [5.74, 6) is -1.40. The van der Waals surface area contributed by atoms with Crippen molar-refractivity contribution in [3.05, 3.63) is 29.6 Å². The molecule has 0 aromatic heterocycles. The van der Waals surface area contributed by atoms with E-state index >= 15 is 0 Å². The lowest BCUT2D eigenvalue weighted by Crippen LogP contribution is -2.11. The molecule has 4 nitrogen and oxygen atoms in total. The van der Waals surface area contributed by atoms with Gasteiger partial charge in [0.25, 0.3) is 0 Å². The van der Waals surface area contributed by atoms with Crippen LogP contribution >= 0.6 is 0 Å². The number of hydrogen-bond donors (Lipinski definition) is 1. The average Bonchev–Trinajstić information content (AvgIpc) is 2.17. The van der Waals surface area contributed by atoms with Crippen LogP contribution in [-0.2, 0) is 9.47 Å². The maximum atomic E-state index is 13.2. The Labute approximate surface area is 86.8 Å². The highest BCUT2D eigenvalue weighted by molar-refractivity contribution is 5.90. The molecule has 0 bridgehead atoms. The molecule has 0 atom stereocenters. The summed E-state index contributed by atoms with van der Waals surface area (Å²) in [5, 5.41) is 0. The van der Waals surface area contributed by atoms with Crippen molar-refractivity contribution in [3.8, 4) is 0 Å². The van der Waals surface area contributed by atoms with Crippen molar-refractivity contribution in [1.29, 1.82) is 0 Å². The molecule has 82 valence electrons. The van der Waals surface area contributed by atoms with E-state index in [1.165, 1.54) is 19.2 Å². The molecule has 0 radical (unpaired) electrons. The van der Waals surface area contributed by atoms with Crippen molar-refractivity contribution >= 4 is 11.7 Å². The second-order valence-electron chi connectivity index (χ2n) is 2.87. The lowest BCUT2D eigenvalue weighted by Gasteiger charge is -2.05. The predicted molar refractivity (Wildman–Crippen MR) is 53.0 cm³/mol. The van der Waals surface area contributed by atoms with Gasteiger partial charge in [-0.25, -0.2) is 9.18 Å². The number of hydrogen-bond acceptors (Lipinski definition) is 4. The summed E-state index contributed by atoms with van der Waals surface area (Å²) in [4.78, 5) is 11.3. The summed E-state index contributed by atoms with van der Waals surface area (Å²) >= 11 is 0. The largest absolute Gasteiger partial charge is 0.460 e. The minimum absolute atomic E-state index is 0.0964. The highest BCUT2D eigenvalue weighted by Gasteiger charge is 2.12. The molecule has 1 rings (SSSR count). The normalized spacial score (nSPS) is 10.0. The van der Waals surface area contributed by atoms with Crippen LogP contribution in [0.3, 0.4) is 0 Å². The predicted octanol–water partition coefficient (Wildman–Crippen LogP) is 1.21. The molecule has 5 heteroatoms. The van der Waals surface area contributed by atoms with E-state index in [9.17, 15) is 9.18 Å². The molecule has 15 heavy (non-hydrogen) atoms. The highest BCUT2D eigenvalue weighted by atomic mass is 19.1. The van der Waals surface area contributed by atoms with Gasteiger partial charge in [-0.2, -0.15) is 0 Å². The van der Waals surface area contributed by atoms with Crippen molar-refractivity contribution in [3.63, 3.8) is 0 Å². The minimum Gasteiger partial charge on any atom is -0.460 e. The maximum Gasteiger partial charge on any atom is 0.341 e. The molecule has 0 fully saturated rings. The molecule has 0 aliphatic carbocycles. The number of nitrogen functional groups attached to an aromatic ring is 1. The fraction of sp³-hybridized carbons (Fsp3) is 0.300. The van der Waals surface area contributed by atoms with Crippen LogP contribution in [0.5, 0.6) is 0 Å². The van der Waals surface area contributed by atoms with Crippen LogP contribution < -0.4 is 5.73 Å². The summed E-state index contributed by atoms with van der Waals surface area (Å²) < 4.78 is 22.6. The van der Waals surface area contributed by atoms with Gasteiger partial charge in [0.05, 0.1) is 12.2 Å². The molecule has 0 saturated heterocycles. The molecule has 0 amide bonds. The van der Waals surface area contributed by atoms with Crippen molar-refractivity contribution in [2.75, 3.05) is 26.1 Å². The second kappa shape index (κ2) is 5.31. The molecular formula is C10H12FNO3. The molecule has 0 heterocycles. The summed E-state index contributed by atoms with van der Waals surface area (Å²) in [6.45, 7) is 0.376. The Bertz CT molecular complexity index is 355. The Morgan fingerprint density at radius 1 is 1.47 bits per heavy atom. The van der Waals surface area contributed by atoms with Crippen molar-refractivity contribution in [2.24, 2.45) is 0 Å². The number of carbonyl (C=O) groups is 1. The second-order valence-corrected chi connectivity index (χ2v) is 2.87. The summed E-state index contributed by atoms with van der Waals surface area (Å²) in [7, 11) is 1.48. The Kier molecular flexibility index (Phi) is 4.05. The van der Waals surface area contributed by atoms with Gasteiger partial charge in [-0.05, 0) is 18.2 Å². The lowest BCUT2D eigenvalue weighted by molar-refractivity contribution is 0.0383. The van der Waals surface area contributed by atoms with Gasteiger partial charge in [-0.3, -0.25) is 0 Å². The van der Waals surface area contributed by atoms with Gasteiger partial charge in [0.1, 0.15) is 12.4 Å². The quantitative estimate of drug-likeness (QED) is 0.464. The Hall–Kier alpha value is -1.62. The Balaban J connectivity index is 2.65. The van der Waals surface area contributed by atoms with Crippen molar-refractivity contribution in [1.82, 2.24) is 0 Å². The molecule has 2 N–H and O–H groups in total. The highest BCUT2D eigenvalue weighted by Crippen LogP contribution is 2.12. The van der Waals surface area contributed by atoms with E-state index in [1.807, 2.05) is 0 Å². The molecule has 1 aromatic rings. The molecular weight excluding hydrogens is 201 g/mol. The fourth-order valence-electron chi connectivity index (χ4n) is 0.992. The number of rotatable bonds is 4. The van der Waals surface area contributed by atoms with Crippen LogP contribution in [0.1, 0.15) is 10.4 Å². The van der Waals surface area contributed by atoms with Crippen LogP contribution in [0.25, 0.3) is 0 Å². The molecule has 0 aliphatic rings. The molecule has 0 spiro atoms. The topological polar surface area (TPSA) is 61.5 Å². The van der Waals surface area contributed by atoms with E-state index in [0.29, 0.717) is 0 Å². The van der Waals surface area contributed by atoms with E-state index < -0.39 is 11.8 Å². The first kappa shape index (κ1) is 11.5. The fourth-order valence-corrected chi connectivity index (χ4v) is 0.992. The van der Waals surface area contributed by atoms with Crippen LogP contribution in [0, 0.1) is 5.82 Å². The zero-order chi connectivity index (χ0) is 11.3. The zero-order valence-electron chi connectivity index (χ0n) is 8.33. The average molecular weight is 213 g/mol. The molecule has 0 saturated carbocycles. The van der Waals surface area contributed by atoms with E-state index in [0.717, 1.165) is 6.07 Å². The number of anilines is 1. The number of methoxy groups -OCH3 is 1. The number of halogens is 1. The van der Waals surface area contributed by atoms with Gasteiger partial charge in [0.2, 0.25) is 0 Å². The standard InChI is InChI=1S/C10H12FNO3/c1-14-4-5-15-10(13)8-3-2-7(12)6-9(8)11/h2-3,6H,4-5,12H2,1H3. The summed E-state index contributed by atoms with van der Waals surface area (Å²) in [5.41, 5.74) is 5.48. The van der Waals surface area contributed by atoms with Crippen LogP contribution in [-0.4, -0.2) is 26.3 Å². The number of nitrogens with two attached hydrogens (primary N) is 1. The van der Waals surface area contributed by atoms with E-state index in [-0.39, 0.29) is 24.5 Å². The zero-order valence-corrected chi connectivity index (χ0v) is 8.33. The van der Waals surface area contributed by atoms with Crippen LogP contribution in [0.2, 0.25) is 0 Å². The summed E-state index contributed by atoms with van der Waals surface area (Å²) in [6, 6.07) is 3.81. The van der Waals surface area contributed by atoms with E-state index in [4.69, 9.17) is 10.5 Å². The smallest absolute Gasteiger partial charge is 0.341 e. The van der Waals surface area contributed by atoms with Crippen LogP contribution in [0.4, 0.5) is 10.1 Å². The van der Waals surface area contributed by atoms with Crippen LogP contribution in [0.15, 0.2) is 18.2 Å². The van der Waals surface area contributed by atoms with Gasteiger partial charge < -0.3 is 15.2 Å². The van der Waals surface area contributed by atoms with Gasteiger partial charge >= 0.3 is 5.97 Å². The van der Waals surface area contributed by atoms with Crippen molar-refractivity contribution < 1.29 is 18.7 Å². The molecule has 0 aliphatic heterocycles. The van der Waals surface area contributed by atoms with Gasteiger partial charge in [-0.1, -0.05) is 0 Å². The van der Waals surface area contributed by atoms with E-state index in [2.05, 4.69) is 4.74 Å². The molecule has 0 unspecified atom stereocenters. The number of carbonyl (C=O) groups excluding carboxylic acids is 1. The SMILES string of the molecule is COCCOC(=O)c1ccc(N)cc1F. The Morgan fingerprint density at radius 2 is 2.20 bits per heavy atom. The number of esters is 1. The first-order valence-corrected chi connectivity index (χ1v) is 4.36. The summed E-state index contributed by atoms with van der Waals surface area (Å²) in [6.07, 6.45) is 0. The lowest BCUT2D eigenvalue weighted by atomic mass is 10.2. The minimum atomic E-state index is -0.718. The third-order valence-corrected chi connectivity index (χ3v) is 1.73. The Morgan fingerprint density at radius 3 is 2.80 bits per heavy atom. The molecule has 1 aromatic carbocycles. The van der Waals surface area contributed by atoms with Crippen molar-refractivity contribution in [2.45, 2.75) is 0 Å². The number of ether oxygens (including phenoxy) is 2. The third kappa shape index (κ3) is 3.21.